The molecule has 1 fully saturated rings. The van der Waals surface area contributed by atoms with Gasteiger partial charge in [0.15, 0.2) is 0 Å². The summed E-state index contributed by atoms with van der Waals surface area (Å²) in [5.74, 6) is -0.237. The van der Waals surface area contributed by atoms with Crippen molar-refractivity contribution < 1.29 is 4.39 Å². The number of aromatic nitrogens is 2. The van der Waals surface area contributed by atoms with E-state index in [1.165, 1.54) is 32.0 Å². The second-order valence-corrected chi connectivity index (χ2v) is 9.09. The molecule has 0 unspecified atom stereocenters. The van der Waals surface area contributed by atoms with E-state index >= 15 is 0 Å². The second-order valence-electron chi connectivity index (χ2n) is 9.09. The number of allylic oxidation sites excluding steroid dienone is 1. The molecule has 3 N–H and O–H groups in total. The number of likely N-dealkylation sites (tertiary alicyclic amines) is 1. The molecule has 0 saturated carbocycles. The van der Waals surface area contributed by atoms with Gasteiger partial charge in [-0.1, -0.05) is 43.5 Å². The van der Waals surface area contributed by atoms with E-state index in [2.05, 4.69) is 51.2 Å². The first kappa shape index (κ1) is 23.0. The molecular weight excluding hydrogens is 435 g/mol. The lowest BCUT2D eigenvalue weighted by molar-refractivity contribution is 0.340. The second kappa shape index (κ2) is 10.2. The molecule has 1 aliphatic rings. The van der Waals surface area contributed by atoms with Gasteiger partial charge in [-0.25, -0.2) is 4.39 Å². The lowest BCUT2D eigenvalue weighted by Gasteiger charge is -2.16. The molecule has 0 amide bonds. The zero-order valence-electron chi connectivity index (χ0n) is 20.0. The van der Waals surface area contributed by atoms with E-state index in [1.807, 2.05) is 36.5 Å². The molecule has 4 aromatic rings. The monoisotopic (exact) mass is 466 g/mol. The quantitative estimate of drug-likeness (QED) is 0.336. The van der Waals surface area contributed by atoms with E-state index in [-0.39, 0.29) is 5.82 Å². The first-order chi connectivity index (χ1) is 17.1. The topological polar surface area (TPSA) is 46.9 Å². The van der Waals surface area contributed by atoms with E-state index in [4.69, 9.17) is 0 Å². The number of aromatic amines is 2. The maximum atomic E-state index is 14.7. The number of halogens is 1. The van der Waals surface area contributed by atoms with Crippen LogP contribution in [0.2, 0.25) is 0 Å². The number of nitrogens with one attached hydrogen (secondary N) is 3. The highest BCUT2D eigenvalue weighted by Gasteiger charge is 2.13. The van der Waals surface area contributed by atoms with Gasteiger partial charge in [0.05, 0.1) is 5.70 Å². The minimum Gasteiger partial charge on any atom is -0.381 e. The van der Waals surface area contributed by atoms with Crippen molar-refractivity contribution in [2.75, 3.05) is 26.2 Å². The molecule has 35 heavy (non-hydrogen) atoms. The highest BCUT2D eigenvalue weighted by molar-refractivity contribution is 5.96. The Morgan fingerprint density at radius 3 is 2.69 bits per heavy atom. The molecule has 0 aliphatic carbocycles. The van der Waals surface area contributed by atoms with Crippen LogP contribution >= 0.6 is 0 Å². The van der Waals surface area contributed by atoms with Crippen LogP contribution in [-0.4, -0.2) is 41.0 Å². The minimum absolute atomic E-state index is 0.237. The number of hydrogen-bond donors (Lipinski definition) is 3. The summed E-state index contributed by atoms with van der Waals surface area (Å²) in [5.41, 5.74) is 8.56. The minimum atomic E-state index is -0.237. The van der Waals surface area contributed by atoms with Crippen LogP contribution in [0.4, 0.5) is 4.39 Å². The standard InChI is InChI=1S/C30H31FN4/c1-3-23(32-15-18-35-16-6-7-17-35)19-22-13-14-33-29(22)20-26-21(2)34-28-12-8-10-25(30(26)28)24-9-4-5-11-27(24)31/h4-5,8-14,20,32-34H,1-2,6-7,15-19H2/b26-20+. The van der Waals surface area contributed by atoms with Crippen LogP contribution in [0.3, 0.4) is 0 Å². The summed E-state index contributed by atoms with van der Waals surface area (Å²) in [4.78, 5) is 9.23. The Labute approximate surface area is 205 Å². The summed E-state index contributed by atoms with van der Waals surface area (Å²) < 4.78 is 14.7. The van der Waals surface area contributed by atoms with E-state index in [1.54, 1.807) is 6.07 Å². The van der Waals surface area contributed by atoms with Crippen LogP contribution in [0.25, 0.3) is 34.7 Å². The molecule has 0 atom stereocenters. The average molecular weight is 467 g/mol. The summed E-state index contributed by atoms with van der Waals surface area (Å²) in [6.07, 6.45) is 7.35. The molecule has 2 aromatic carbocycles. The van der Waals surface area contributed by atoms with E-state index in [0.717, 1.165) is 57.1 Å². The highest BCUT2D eigenvalue weighted by atomic mass is 19.1. The number of hydrogen-bond acceptors (Lipinski definition) is 2. The van der Waals surface area contributed by atoms with Gasteiger partial charge in [0.2, 0.25) is 0 Å². The normalized spacial score (nSPS) is 14.5. The van der Waals surface area contributed by atoms with Gasteiger partial charge in [-0.3, -0.25) is 0 Å². The molecule has 1 saturated heterocycles. The fraction of sp³-hybridized carbons (Fsp3) is 0.233. The number of rotatable bonds is 8. The number of nitrogens with zero attached hydrogens (tertiary/aromatic N) is 1. The van der Waals surface area contributed by atoms with Gasteiger partial charge in [0.1, 0.15) is 5.82 Å². The van der Waals surface area contributed by atoms with Crippen molar-refractivity contribution in [3.8, 4) is 11.1 Å². The summed E-state index contributed by atoms with van der Waals surface area (Å²) in [7, 11) is 0. The van der Waals surface area contributed by atoms with Crippen molar-refractivity contribution in [2.24, 2.45) is 0 Å². The van der Waals surface area contributed by atoms with Crippen molar-refractivity contribution in [2.45, 2.75) is 19.3 Å². The third-order valence-corrected chi connectivity index (χ3v) is 6.81. The van der Waals surface area contributed by atoms with Crippen molar-refractivity contribution in [1.29, 1.82) is 0 Å². The predicted octanol–water partition coefficient (Wildman–Crippen LogP) is 4.44. The van der Waals surface area contributed by atoms with Crippen LogP contribution in [-0.2, 0) is 6.42 Å². The number of benzene rings is 2. The van der Waals surface area contributed by atoms with Crippen molar-refractivity contribution in [3.05, 3.63) is 100 Å². The van der Waals surface area contributed by atoms with Crippen molar-refractivity contribution in [3.63, 3.8) is 0 Å². The Hall–Kier alpha value is -3.79. The van der Waals surface area contributed by atoms with Crippen molar-refractivity contribution >= 4 is 23.6 Å². The van der Waals surface area contributed by atoms with Gasteiger partial charge in [-0.05, 0) is 61.3 Å². The molecule has 1 aliphatic heterocycles. The zero-order valence-corrected chi connectivity index (χ0v) is 20.0. The lowest BCUT2D eigenvalue weighted by atomic mass is 9.99. The smallest absolute Gasteiger partial charge is 0.131 e. The summed E-state index contributed by atoms with van der Waals surface area (Å²) >= 11 is 0. The first-order valence-electron chi connectivity index (χ1n) is 12.2. The van der Waals surface area contributed by atoms with E-state index in [0.29, 0.717) is 12.0 Å². The van der Waals surface area contributed by atoms with E-state index < -0.39 is 0 Å². The summed E-state index contributed by atoms with van der Waals surface area (Å²) in [6.45, 7) is 12.5. The van der Waals surface area contributed by atoms with Gasteiger partial charge in [-0.15, -0.1) is 5.73 Å². The van der Waals surface area contributed by atoms with Gasteiger partial charge >= 0.3 is 0 Å². The third-order valence-electron chi connectivity index (χ3n) is 6.81. The van der Waals surface area contributed by atoms with Crippen LogP contribution in [0, 0.1) is 5.82 Å². The molecule has 178 valence electrons. The molecule has 0 radical (unpaired) electrons. The van der Waals surface area contributed by atoms with Gasteiger partial charge in [0.25, 0.3) is 0 Å². The molecule has 0 bridgehead atoms. The van der Waals surface area contributed by atoms with Crippen LogP contribution in [0.15, 0.2) is 72.7 Å². The summed E-state index contributed by atoms with van der Waals surface area (Å²) in [5, 5.41) is 6.23. The predicted molar refractivity (Wildman–Crippen MR) is 143 cm³/mol. The van der Waals surface area contributed by atoms with Crippen LogP contribution in [0.5, 0.6) is 0 Å². The first-order valence-corrected chi connectivity index (χ1v) is 12.2. The maximum absolute atomic E-state index is 14.7. The Morgan fingerprint density at radius 1 is 1.09 bits per heavy atom. The molecule has 5 heteroatoms. The highest BCUT2D eigenvalue weighted by Crippen LogP contribution is 2.27. The Balaban J connectivity index is 1.47. The maximum Gasteiger partial charge on any atom is 0.131 e. The van der Waals surface area contributed by atoms with Crippen LogP contribution < -0.4 is 15.9 Å². The fourth-order valence-corrected chi connectivity index (χ4v) is 4.99. The fourth-order valence-electron chi connectivity index (χ4n) is 4.99. The van der Waals surface area contributed by atoms with Gasteiger partial charge in [0, 0.05) is 58.4 Å². The summed E-state index contributed by atoms with van der Waals surface area (Å²) in [6, 6.07) is 14.9. The average Bonchev–Trinajstić information content (AvgIpc) is 3.60. The lowest BCUT2D eigenvalue weighted by Crippen LogP contribution is -2.30. The molecule has 0 spiro atoms. The third kappa shape index (κ3) is 4.88. The number of H-pyrrole nitrogens is 2. The largest absolute Gasteiger partial charge is 0.381 e. The van der Waals surface area contributed by atoms with E-state index in [9.17, 15) is 4.39 Å². The number of fused-ring (bicyclic) bond motifs is 1. The Kier molecular flexibility index (Phi) is 6.71. The van der Waals surface area contributed by atoms with Gasteiger partial charge < -0.3 is 20.2 Å². The molecular formula is C30H31FN4. The SMILES string of the molecule is C=C=C(Cc1cc[nH]c1/C=c1\c(=C)[nH]c2cccc(-c3ccccc3F)c12)NCCN1CCCC1. The molecule has 5 rings (SSSR count). The molecule has 3 heterocycles. The van der Waals surface area contributed by atoms with Gasteiger partial charge in [-0.2, -0.15) is 0 Å². The Bertz CT molecular complexity index is 1500. The van der Waals surface area contributed by atoms with Crippen LogP contribution in [0.1, 0.15) is 24.1 Å². The molecule has 4 nitrogen and oxygen atoms in total. The zero-order chi connectivity index (χ0) is 24.2. The van der Waals surface area contributed by atoms with Crippen molar-refractivity contribution in [1.82, 2.24) is 20.2 Å². The Morgan fingerprint density at radius 2 is 1.89 bits per heavy atom. The molecule has 2 aromatic heterocycles.